The van der Waals surface area contributed by atoms with Gasteiger partial charge in [-0.25, -0.2) is 0 Å². The molecule has 2 aromatic carbocycles. The van der Waals surface area contributed by atoms with Gasteiger partial charge in [-0.3, -0.25) is 4.98 Å². The third-order valence-corrected chi connectivity index (χ3v) is 6.75. The van der Waals surface area contributed by atoms with E-state index >= 15 is 0 Å². The second kappa shape index (κ2) is 8.88. The number of halogens is 1. The summed E-state index contributed by atoms with van der Waals surface area (Å²) in [6.07, 6.45) is 4.95. The molecule has 0 bridgehead atoms. The summed E-state index contributed by atoms with van der Waals surface area (Å²) in [5.74, 6) is 0. The molecule has 1 saturated heterocycles. The molecule has 160 valence electrons. The molecule has 2 aromatic heterocycles. The van der Waals surface area contributed by atoms with E-state index in [-0.39, 0.29) is 12.1 Å². The van der Waals surface area contributed by atoms with Gasteiger partial charge in [-0.05, 0) is 84.9 Å². The number of benzene rings is 2. The maximum absolute atomic E-state index is 5.86. The minimum absolute atomic E-state index is 0.0523. The lowest BCUT2D eigenvalue weighted by atomic mass is 10.0. The Morgan fingerprint density at radius 2 is 1.69 bits per heavy atom. The molecular weight excluding hydrogens is 480 g/mol. The highest BCUT2D eigenvalue weighted by molar-refractivity contribution is 9.10. The van der Waals surface area contributed by atoms with Crippen molar-refractivity contribution in [2.75, 3.05) is 4.90 Å². The number of thiocarbonyl (C=S) groups is 1. The second-order valence-electron chi connectivity index (χ2n) is 7.80. The normalized spacial score (nSPS) is 18.1. The van der Waals surface area contributed by atoms with Gasteiger partial charge in [0.1, 0.15) is 6.04 Å². The molecule has 6 heteroatoms. The first kappa shape index (κ1) is 20.9. The van der Waals surface area contributed by atoms with E-state index in [1.807, 2.05) is 18.3 Å². The summed E-state index contributed by atoms with van der Waals surface area (Å²) in [6, 6.07) is 27.2. The average molecular weight is 503 g/mol. The summed E-state index contributed by atoms with van der Waals surface area (Å²) >= 11 is 9.40. The molecule has 2 atom stereocenters. The smallest absolute Gasteiger partial charge is 0.174 e. The number of rotatable bonds is 5. The molecule has 3 heterocycles. The second-order valence-corrected chi connectivity index (χ2v) is 9.10. The molecule has 32 heavy (non-hydrogen) atoms. The Hall–Kier alpha value is -2.96. The van der Waals surface area contributed by atoms with Crippen molar-refractivity contribution >= 4 is 38.9 Å². The topological polar surface area (TPSA) is 33.1 Å². The van der Waals surface area contributed by atoms with Crippen LogP contribution in [-0.2, 0) is 6.42 Å². The van der Waals surface area contributed by atoms with Gasteiger partial charge in [-0.1, -0.05) is 41.1 Å². The van der Waals surface area contributed by atoms with E-state index in [1.54, 1.807) is 0 Å². The standard InChI is InChI=1S/C26H23BrN4S/c1-2-18-8-12-21(13-9-18)31-25(24(29-26(31)32)22-6-3-4-16-28-22)23-7-5-17-30(23)20-14-10-19(27)11-15-20/h3-17,24-25H,2H2,1H3,(H,29,32)/t24-,25-/m1/s1. The van der Waals surface area contributed by atoms with Crippen LogP contribution in [0.1, 0.15) is 36.0 Å². The highest BCUT2D eigenvalue weighted by atomic mass is 79.9. The summed E-state index contributed by atoms with van der Waals surface area (Å²) in [6.45, 7) is 2.17. The zero-order valence-electron chi connectivity index (χ0n) is 17.6. The number of hydrogen-bond acceptors (Lipinski definition) is 2. The van der Waals surface area contributed by atoms with Crippen molar-refractivity contribution < 1.29 is 0 Å². The molecule has 1 fully saturated rings. The first-order valence-electron chi connectivity index (χ1n) is 10.7. The number of aryl methyl sites for hydroxylation is 1. The van der Waals surface area contributed by atoms with Crippen molar-refractivity contribution in [3.05, 3.63) is 113 Å². The fourth-order valence-corrected chi connectivity index (χ4v) is 4.91. The molecule has 1 aliphatic rings. The summed E-state index contributed by atoms with van der Waals surface area (Å²) < 4.78 is 3.29. The molecule has 0 amide bonds. The van der Waals surface area contributed by atoms with Crippen molar-refractivity contribution in [3.8, 4) is 5.69 Å². The first-order valence-corrected chi connectivity index (χ1v) is 11.9. The molecular formula is C26H23BrN4S. The van der Waals surface area contributed by atoms with Crippen molar-refractivity contribution in [2.24, 2.45) is 0 Å². The van der Waals surface area contributed by atoms with Crippen LogP contribution in [0.3, 0.4) is 0 Å². The van der Waals surface area contributed by atoms with Crippen molar-refractivity contribution in [3.63, 3.8) is 0 Å². The SMILES string of the molecule is CCc1ccc(N2C(=S)N[C@H](c3ccccn3)[C@H]2c2cccn2-c2ccc(Br)cc2)cc1. The molecule has 0 radical (unpaired) electrons. The van der Waals surface area contributed by atoms with Crippen molar-refractivity contribution in [2.45, 2.75) is 25.4 Å². The van der Waals surface area contributed by atoms with Crippen LogP contribution in [0.5, 0.6) is 0 Å². The van der Waals surface area contributed by atoms with Gasteiger partial charge < -0.3 is 14.8 Å². The number of pyridine rings is 1. The number of anilines is 1. The Labute approximate surface area is 202 Å². The molecule has 4 aromatic rings. The predicted octanol–water partition coefficient (Wildman–Crippen LogP) is 6.37. The fourth-order valence-electron chi connectivity index (χ4n) is 4.30. The van der Waals surface area contributed by atoms with Crippen molar-refractivity contribution in [1.29, 1.82) is 0 Å². The Kier molecular flexibility index (Phi) is 5.81. The maximum atomic E-state index is 5.86. The van der Waals surface area contributed by atoms with Crippen LogP contribution < -0.4 is 10.2 Å². The number of aromatic nitrogens is 2. The van der Waals surface area contributed by atoms with Gasteiger partial charge in [-0.2, -0.15) is 0 Å². The van der Waals surface area contributed by atoms with Gasteiger partial charge in [0, 0.05) is 33.9 Å². The zero-order valence-corrected chi connectivity index (χ0v) is 20.1. The predicted molar refractivity (Wildman–Crippen MR) is 137 cm³/mol. The highest BCUT2D eigenvalue weighted by Crippen LogP contribution is 2.42. The van der Waals surface area contributed by atoms with E-state index in [0.717, 1.165) is 33.7 Å². The number of nitrogens with zero attached hydrogens (tertiary/aromatic N) is 3. The lowest BCUT2D eigenvalue weighted by Gasteiger charge is -2.29. The van der Waals surface area contributed by atoms with E-state index in [2.05, 4.69) is 116 Å². The highest BCUT2D eigenvalue weighted by Gasteiger charge is 2.42. The van der Waals surface area contributed by atoms with Crippen LogP contribution >= 0.6 is 28.1 Å². The largest absolute Gasteiger partial charge is 0.351 e. The van der Waals surface area contributed by atoms with E-state index in [9.17, 15) is 0 Å². The maximum Gasteiger partial charge on any atom is 0.174 e. The van der Waals surface area contributed by atoms with Crippen LogP contribution in [0.4, 0.5) is 5.69 Å². The van der Waals surface area contributed by atoms with Gasteiger partial charge in [0.2, 0.25) is 0 Å². The zero-order chi connectivity index (χ0) is 22.1. The minimum atomic E-state index is -0.0707. The molecule has 0 spiro atoms. The summed E-state index contributed by atoms with van der Waals surface area (Å²) in [5, 5.41) is 4.25. The summed E-state index contributed by atoms with van der Waals surface area (Å²) in [7, 11) is 0. The van der Waals surface area contributed by atoms with E-state index in [0.29, 0.717) is 5.11 Å². The lowest BCUT2D eigenvalue weighted by molar-refractivity contribution is 0.549. The fraction of sp³-hybridized carbons (Fsp3) is 0.154. The molecule has 5 rings (SSSR count). The summed E-state index contributed by atoms with van der Waals surface area (Å²) in [4.78, 5) is 6.88. The van der Waals surface area contributed by atoms with E-state index < -0.39 is 0 Å². The van der Waals surface area contributed by atoms with Gasteiger partial charge >= 0.3 is 0 Å². The minimum Gasteiger partial charge on any atom is -0.351 e. The molecule has 1 N–H and O–H groups in total. The lowest BCUT2D eigenvalue weighted by Crippen LogP contribution is -2.30. The van der Waals surface area contributed by atoms with Crippen LogP contribution in [-0.4, -0.2) is 14.7 Å². The number of hydrogen-bond donors (Lipinski definition) is 1. The third kappa shape index (κ3) is 3.85. The molecule has 4 nitrogen and oxygen atoms in total. The quantitative estimate of drug-likeness (QED) is 0.321. The Balaban J connectivity index is 1.64. The summed E-state index contributed by atoms with van der Waals surface area (Å²) in [5.41, 5.74) is 5.60. The molecule has 0 unspecified atom stereocenters. The van der Waals surface area contributed by atoms with Gasteiger partial charge in [0.15, 0.2) is 5.11 Å². The van der Waals surface area contributed by atoms with Gasteiger partial charge in [0.05, 0.1) is 11.7 Å². The average Bonchev–Trinajstić information content (AvgIpc) is 3.44. The molecule has 0 saturated carbocycles. The monoisotopic (exact) mass is 502 g/mol. The molecule has 0 aliphatic carbocycles. The molecule has 1 aliphatic heterocycles. The van der Waals surface area contributed by atoms with E-state index in [1.165, 1.54) is 5.56 Å². The van der Waals surface area contributed by atoms with E-state index in [4.69, 9.17) is 12.2 Å². The van der Waals surface area contributed by atoms with Crippen LogP contribution in [0, 0.1) is 0 Å². The third-order valence-electron chi connectivity index (χ3n) is 5.91. The van der Waals surface area contributed by atoms with Crippen LogP contribution in [0.25, 0.3) is 5.69 Å². The van der Waals surface area contributed by atoms with Gasteiger partial charge in [0.25, 0.3) is 0 Å². The van der Waals surface area contributed by atoms with Crippen LogP contribution in [0.2, 0.25) is 0 Å². The Morgan fingerprint density at radius 1 is 0.938 bits per heavy atom. The number of nitrogens with one attached hydrogen (secondary N) is 1. The van der Waals surface area contributed by atoms with Gasteiger partial charge in [-0.15, -0.1) is 0 Å². The first-order chi connectivity index (χ1) is 15.7. The Morgan fingerprint density at radius 3 is 2.38 bits per heavy atom. The Bertz CT molecular complexity index is 1220. The van der Waals surface area contributed by atoms with Crippen molar-refractivity contribution in [1.82, 2.24) is 14.9 Å². The van der Waals surface area contributed by atoms with Crippen LogP contribution in [0.15, 0.2) is 95.7 Å².